The first-order valence-electron chi connectivity index (χ1n) is 6.16. The highest BCUT2D eigenvalue weighted by Crippen LogP contribution is 2.24. The van der Waals surface area contributed by atoms with Crippen LogP contribution in [0.5, 0.6) is 0 Å². The van der Waals surface area contributed by atoms with Gasteiger partial charge in [0.15, 0.2) is 0 Å². The first-order chi connectivity index (χ1) is 8.63. The Morgan fingerprint density at radius 1 is 0.944 bits per heavy atom. The highest BCUT2D eigenvalue weighted by atomic mass is 16.3. The summed E-state index contributed by atoms with van der Waals surface area (Å²) in [6.07, 6.45) is 0. The van der Waals surface area contributed by atoms with Gasteiger partial charge in [-0.2, -0.15) is 0 Å². The van der Waals surface area contributed by atoms with Crippen LogP contribution in [-0.2, 0) is 5.60 Å². The van der Waals surface area contributed by atoms with Gasteiger partial charge in [-0.25, -0.2) is 0 Å². The summed E-state index contributed by atoms with van der Waals surface area (Å²) in [5.41, 5.74) is 2.46. The van der Waals surface area contributed by atoms with Gasteiger partial charge >= 0.3 is 0 Å². The zero-order valence-electron chi connectivity index (χ0n) is 10.9. The van der Waals surface area contributed by atoms with Crippen molar-refractivity contribution in [3.63, 3.8) is 0 Å². The molecule has 0 saturated carbocycles. The van der Waals surface area contributed by atoms with Gasteiger partial charge in [-0.15, -0.1) is 0 Å². The molecule has 0 spiro atoms. The van der Waals surface area contributed by atoms with Crippen molar-refractivity contribution in [1.82, 2.24) is 5.32 Å². The summed E-state index contributed by atoms with van der Waals surface area (Å²) >= 11 is 0. The van der Waals surface area contributed by atoms with Gasteiger partial charge in [-0.1, -0.05) is 54.6 Å². The largest absolute Gasteiger partial charge is 0.384 e. The van der Waals surface area contributed by atoms with E-state index in [0.717, 1.165) is 5.56 Å². The molecule has 1 atom stereocenters. The molecule has 0 aliphatic rings. The van der Waals surface area contributed by atoms with E-state index in [0.29, 0.717) is 6.54 Å². The fourth-order valence-electron chi connectivity index (χ4n) is 2.10. The number of nitrogens with one attached hydrogen (secondary N) is 1. The normalized spacial score (nSPS) is 14.2. The highest BCUT2D eigenvalue weighted by Gasteiger charge is 2.21. The SMILES string of the molecule is CNCC(C)(O)c1ccc(-c2ccccc2)cc1. The predicted molar refractivity (Wildman–Crippen MR) is 75.4 cm³/mol. The molecule has 2 aromatic rings. The first-order valence-corrected chi connectivity index (χ1v) is 6.16. The smallest absolute Gasteiger partial charge is 0.0992 e. The Morgan fingerprint density at radius 3 is 2.06 bits per heavy atom. The van der Waals surface area contributed by atoms with Crippen molar-refractivity contribution in [2.45, 2.75) is 12.5 Å². The summed E-state index contributed by atoms with van der Waals surface area (Å²) in [6, 6.07) is 18.3. The van der Waals surface area contributed by atoms with E-state index in [1.807, 2.05) is 44.3 Å². The lowest BCUT2D eigenvalue weighted by Crippen LogP contribution is -2.33. The molecule has 0 amide bonds. The van der Waals surface area contributed by atoms with Gasteiger partial charge in [0.1, 0.15) is 0 Å². The molecule has 18 heavy (non-hydrogen) atoms. The molecule has 2 aromatic carbocycles. The fraction of sp³-hybridized carbons (Fsp3) is 0.250. The second kappa shape index (κ2) is 5.34. The number of hydrogen-bond donors (Lipinski definition) is 2. The Balaban J connectivity index is 2.26. The second-order valence-corrected chi connectivity index (χ2v) is 4.75. The molecule has 0 heterocycles. The lowest BCUT2D eigenvalue weighted by molar-refractivity contribution is 0.0592. The van der Waals surface area contributed by atoms with E-state index in [1.54, 1.807) is 0 Å². The number of benzene rings is 2. The van der Waals surface area contributed by atoms with Gasteiger partial charge in [0.25, 0.3) is 0 Å². The Kier molecular flexibility index (Phi) is 3.80. The molecule has 0 aromatic heterocycles. The molecular weight excluding hydrogens is 222 g/mol. The molecule has 0 radical (unpaired) electrons. The van der Waals surface area contributed by atoms with E-state index < -0.39 is 5.60 Å². The van der Waals surface area contributed by atoms with Crippen LogP contribution < -0.4 is 5.32 Å². The minimum atomic E-state index is -0.829. The van der Waals surface area contributed by atoms with E-state index in [1.165, 1.54) is 11.1 Å². The molecule has 0 aliphatic heterocycles. The zero-order chi connectivity index (χ0) is 13.0. The van der Waals surface area contributed by atoms with E-state index in [9.17, 15) is 5.11 Å². The molecule has 0 aliphatic carbocycles. The van der Waals surface area contributed by atoms with Crippen LogP contribution in [0, 0.1) is 0 Å². The van der Waals surface area contributed by atoms with E-state index >= 15 is 0 Å². The number of aliphatic hydroxyl groups is 1. The highest BCUT2D eigenvalue weighted by molar-refractivity contribution is 5.63. The van der Waals surface area contributed by atoms with Crippen molar-refractivity contribution in [2.24, 2.45) is 0 Å². The summed E-state index contributed by atoms with van der Waals surface area (Å²) in [5, 5.41) is 13.3. The molecule has 94 valence electrons. The maximum atomic E-state index is 10.3. The summed E-state index contributed by atoms with van der Waals surface area (Å²) in [7, 11) is 1.84. The van der Waals surface area contributed by atoms with Gasteiger partial charge in [0.05, 0.1) is 5.60 Å². The van der Waals surface area contributed by atoms with E-state index in [4.69, 9.17) is 0 Å². The third-order valence-corrected chi connectivity index (χ3v) is 3.13. The summed E-state index contributed by atoms with van der Waals surface area (Å²) in [5.74, 6) is 0. The Bertz CT molecular complexity index is 488. The number of likely N-dealkylation sites (N-methyl/N-ethyl adjacent to an activating group) is 1. The molecule has 2 N–H and O–H groups in total. The molecule has 2 rings (SSSR count). The van der Waals surface area contributed by atoms with Crippen molar-refractivity contribution in [2.75, 3.05) is 13.6 Å². The van der Waals surface area contributed by atoms with Gasteiger partial charge in [-0.3, -0.25) is 0 Å². The van der Waals surface area contributed by atoms with Gasteiger partial charge in [0.2, 0.25) is 0 Å². The van der Waals surface area contributed by atoms with Crippen molar-refractivity contribution < 1.29 is 5.11 Å². The van der Waals surface area contributed by atoms with Gasteiger partial charge in [-0.05, 0) is 30.7 Å². The maximum Gasteiger partial charge on any atom is 0.0992 e. The van der Waals surface area contributed by atoms with Crippen molar-refractivity contribution >= 4 is 0 Å². The van der Waals surface area contributed by atoms with Gasteiger partial charge in [0, 0.05) is 6.54 Å². The van der Waals surface area contributed by atoms with Crippen molar-refractivity contribution in [3.05, 3.63) is 60.2 Å². The Labute approximate surface area is 108 Å². The third-order valence-electron chi connectivity index (χ3n) is 3.13. The minimum Gasteiger partial charge on any atom is -0.384 e. The zero-order valence-corrected chi connectivity index (χ0v) is 10.9. The predicted octanol–water partition coefficient (Wildman–Crippen LogP) is 2.78. The summed E-state index contributed by atoms with van der Waals surface area (Å²) < 4.78 is 0. The monoisotopic (exact) mass is 241 g/mol. The standard InChI is InChI=1S/C16H19NO/c1-16(18,12-17-2)15-10-8-14(9-11-15)13-6-4-3-5-7-13/h3-11,17-18H,12H2,1-2H3. The fourth-order valence-corrected chi connectivity index (χ4v) is 2.10. The summed E-state index contributed by atoms with van der Waals surface area (Å²) in [6.45, 7) is 2.36. The van der Waals surface area contributed by atoms with Crippen LogP contribution >= 0.6 is 0 Å². The van der Waals surface area contributed by atoms with Crippen molar-refractivity contribution in [3.8, 4) is 11.1 Å². The van der Waals surface area contributed by atoms with Crippen LogP contribution in [0.15, 0.2) is 54.6 Å². The average Bonchev–Trinajstić information content (AvgIpc) is 2.40. The lowest BCUT2D eigenvalue weighted by atomic mass is 9.94. The van der Waals surface area contributed by atoms with E-state index in [-0.39, 0.29) is 0 Å². The maximum absolute atomic E-state index is 10.3. The third kappa shape index (κ3) is 2.78. The van der Waals surface area contributed by atoms with Crippen LogP contribution in [0.1, 0.15) is 12.5 Å². The summed E-state index contributed by atoms with van der Waals surface area (Å²) in [4.78, 5) is 0. The molecule has 0 fully saturated rings. The Morgan fingerprint density at radius 2 is 1.50 bits per heavy atom. The molecule has 2 heteroatoms. The van der Waals surface area contributed by atoms with E-state index in [2.05, 4.69) is 29.6 Å². The molecule has 0 saturated heterocycles. The number of rotatable bonds is 4. The van der Waals surface area contributed by atoms with Crippen LogP contribution in [0.25, 0.3) is 11.1 Å². The second-order valence-electron chi connectivity index (χ2n) is 4.75. The van der Waals surface area contributed by atoms with Crippen LogP contribution in [0.2, 0.25) is 0 Å². The molecular formula is C16H19NO. The van der Waals surface area contributed by atoms with Crippen LogP contribution in [-0.4, -0.2) is 18.7 Å². The Hall–Kier alpha value is -1.64. The quantitative estimate of drug-likeness (QED) is 0.862. The lowest BCUT2D eigenvalue weighted by Gasteiger charge is -2.23. The van der Waals surface area contributed by atoms with Crippen molar-refractivity contribution in [1.29, 1.82) is 0 Å². The first kappa shape index (κ1) is 12.8. The molecule has 2 nitrogen and oxygen atoms in total. The van der Waals surface area contributed by atoms with Crippen LogP contribution in [0.3, 0.4) is 0 Å². The van der Waals surface area contributed by atoms with Crippen LogP contribution in [0.4, 0.5) is 0 Å². The number of hydrogen-bond acceptors (Lipinski definition) is 2. The molecule has 1 unspecified atom stereocenters. The van der Waals surface area contributed by atoms with Gasteiger partial charge < -0.3 is 10.4 Å². The minimum absolute atomic E-state index is 0.539. The molecule has 0 bridgehead atoms. The average molecular weight is 241 g/mol. The topological polar surface area (TPSA) is 32.3 Å².